The van der Waals surface area contributed by atoms with E-state index in [1.165, 1.54) is 5.56 Å². The summed E-state index contributed by atoms with van der Waals surface area (Å²) < 4.78 is 5.17. The number of hydrogen-bond acceptors (Lipinski definition) is 3. The standard InChI is InChI=1S/C14H22N2O/c1-11-12(2)16(9-8-15-11)10-13-4-6-14(17-3)7-5-13/h4-7,11-12,15H,8-10H2,1-3H3. The van der Waals surface area contributed by atoms with E-state index in [4.69, 9.17) is 4.74 Å². The van der Waals surface area contributed by atoms with Crippen LogP contribution in [0.15, 0.2) is 24.3 Å². The predicted molar refractivity (Wildman–Crippen MR) is 70.3 cm³/mol. The number of methoxy groups -OCH3 is 1. The van der Waals surface area contributed by atoms with Crippen molar-refractivity contribution in [3.63, 3.8) is 0 Å². The van der Waals surface area contributed by atoms with Gasteiger partial charge in [0.1, 0.15) is 5.75 Å². The molecule has 1 saturated heterocycles. The van der Waals surface area contributed by atoms with E-state index in [1.54, 1.807) is 7.11 Å². The first-order chi connectivity index (χ1) is 8.20. The fourth-order valence-electron chi connectivity index (χ4n) is 2.31. The molecule has 2 atom stereocenters. The SMILES string of the molecule is COc1ccc(CN2CCNC(C)C2C)cc1. The molecule has 1 aromatic carbocycles. The van der Waals surface area contributed by atoms with Gasteiger partial charge in [0.2, 0.25) is 0 Å². The van der Waals surface area contributed by atoms with Gasteiger partial charge in [0.25, 0.3) is 0 Å². The summed E-state index contributed by atoms with van der Waals surface area (Å²) in [5.74, 6) is 0.926. The normalized spacial score (nSPS) is 25.8. The van der Waals surface area contributed by atoms with E-state index >= 15 is 0 Å². The maximum absolute atomic E-state index is 5.17. The van der Waals surface area contributed by atoms with Gasteiger partial charge in [-0.05, 0) is 31.5 Å². The minimum atomic E-state index is 0.571. The Kier molecular flexibility index (Phi) is 4.02. The molecule has 17 heavy (non-hydrogen) atoms. The van der Waals surface area contributed by atoms with Crippen LogP contribution >= 0.6 is 0 Å². The zero-order valence-electron chi connectivity index (χ0n) is 10.9. The van der Waals surface area contributed by atoms with Crippen LogP contribution in [0, 0.1) is 0 Å². The van der Waals surface area contributed by atoms with Crippen LogP contribution < -0.4 is 10.1 Å². The van der Waals surface area contributed by atoms with Crippen LogP contribution in [-0.4, -0.2) is 37.2 Å². The van der Waals surface area contributed by atoms with Crippen LogP contribution in [0.1, 0.15) is 19.4 Å². The number of nitrogens with one attached hydrogen (secondary N) is 1. The molecule has 0 bridgehead atoms. The summed E-state index contributed by atoms with van der Waals surface area (Å²) in [6, 6.07) is 9.53. The average molecular weight is 234 g/mol. The summed E-state index contributed by atoms with van der Waals surface area (Å²) in [5, 5.41) is 3.50. The van der Waals surface area contributed by atoms with E-state index in [-0.39, 0.29) is 0 Å². The maximum atomic E-state index is 5.17. The van der Waals surface area contributed by atoms with Gasteiger partial charge in [-0.25, -0.2) is 0 Å². The Morgan fingerprint density at radius 3 is 2.65 bits per heavy atom. The Balaban J connectivity index is 1.99. The van der Waals surface area contributed by atoms with E-state index in [0.29, 0.717) is 12.1 Å². The molecule has 0 saturated carbocycles. The van der Waals surface area contributed by atoms with Crippen LogP contribution in [0.4, 0.5) is 0 Å². The molecule has 2 unspecified atom stereocenters. The molecule has 3 heteroatoms. The second kappa shape index (κ2) is 5.52. The Bertz CT molecular complexity index is 350. The number of ether oxygens (including phenoxy) is 1. The zero-order valence-corrected chi connectivity index (χ0v) is 10.9. The van der Waals surface area contributed by atoms with Crippen molar-refractivity contribution in [1.82, 2.24) is 10.2 Å². The lowest BCUT2D eigenvalue weighted by Gasteiger charge is -2.38. The van der Waals surface area contributed by atoms with Crippen LogP contribution in [0.3, 0.4) is 0 Å². The van der Waals surface area contributed by atoms with Crippen LogP contribution in [0.2, 0.25) is 0 Å². The van der Waals surface area contributed by atoms with E-state index < -0.39 is 0 Å². The zero-order chi connectivity index (χ0) is 12.3. The second-order valence-corrected chi connectivity index (χ2v) is 4.80. The van der Waals surface area contributed by atoms with Crippen molar-refractivity contribution in [3.05, 3.63) is 29.8 Å². The number of piperazine rings is 1. The molecule has 2 rings (SSSR count). The molecule has 1 fully saturated rings. The smallest absolute Gasteiger partial charge is 0.118 e. The third kappa shape index (κ3) is 2.99. The van der Waals surface area contributed by atoms with Crippen LogP contribution in [-0.2, 0) is 6.54 Å². The summed E-state index contributed by atoms with van der Waals surface area (Å²) >= 11 is 0. The summed E-state index contributed by atoms with van der Waals surface area (Å²) in [7, 11) is 1.70. The predicted octanol–water partition coefficient (Wildman–Crippen LogP) is 1.88. The molecular formula is C14H22N2O. The molecule has 1 aliphatic rings. The number of rotatable bonds is 3. The molecule has 1 N–H and O–H groups in total. The third-order valence-electron chi connectivity index (χ3n) is 3.71. The van der Waals surface area contributed by atoms with Gasteiger partial charge in [-0.1, -0.05) is 12.1 Å². The summed E-state index contributed by atoms with van der Waals surface area (Å²) in [6.45, 7) is 7.78. The van der Waals surface area contributed by atoms with Gasteiger partial charge in [0, 0.05) is 31.7 Å². The third-order valence-corrected chi connectivity index (χ3v) is 3.71. The van der Waals surface area contributed by atoms with Gasteiger partial charge >= 0.3 is 0 Å². The Morgan fingerprint density at radius 1 is 1.29 bits per heavy atom. The van der Waals surface area contributed by atoms with Crippen LogP contribution in [0.5, 0.6) is 5.75 Å². The molecule has 94 valence electrons. The van der Waals surface area contributed by atoms with Gasteiger partial charge in [0.15, 0.2) is 0 Å². The molecule has 0 aromatic heterocycles. The Labute approximate surface area is 104 Å². The molecule has 1 aliphatic heterocycles. The molecule has 0 amide bonds. The van der Waals surface area contributed by atoms with Crippen molar-refractivity contribution in [2.24, 2.45) is 0 Å². The highest BCUT2D eigenvalue weighted by atomic mass is 16.5. The van der Waals surface area contributed by atoms with E-state index in [1.807, 2.05) is 12.1 Å². The minimum absolute atomic E-state index is 0.571. The molecule has 1 heterocycles. The van der Waals surface area contributed by atoms with Crippen molar-refractivity contribution in [2.75, 3.05) is 20.2 Å². The lowest BCUT2D eigenvalue weighted by Crippen LogP contribution is -2.54. The lowest BCUT2D eigenvalue weighted by atomic mass is 10.1. The first kappa shape index (κ1) is 12.4. The average Bonchev–Trinajstić information content (AvgIpc) is 2.36. The molecule has 0 aliphatic carbocycles. The number of hydrogen-bond donors (Lipinski definition) is 1. The van der Waals surface area contributed by atoms with Gasteiger partial charge < -0.3 is 10.1 Å². The number of nitrogens with zero attached hydrogens (tertiary/aromatic N) is 1. The van der Waals surface area contributed by atoms with E-state index in [2.05, 4.69) is 36.2 Å². The molecule has 0 radical (unpaired) electrons. The van der Waals surface area contributed by atoms with Crippen molar-refractivity contribution in [3.8, 4) is 5.75 Å². The van der Waals surface area contributed by atoms with Gasteiger partial charge in [-0.2, -0.15) is 0 Å². The van der Waals surface area contributed by atoms with Crippen molar-refractivity contribution in [2.45, 2.75) is 32.5 Å². The largest absolute Gasteiger partial charge is 0.497 e. The molecule has 1 aromatic rings. The first-order valence-electron chi connectivity index (χ1n) is 6.31. The first-order valence-corrected chi connectivity index (χ1v) is 6.31. The summed E-state index contributed by atoms with van der Waals surface area (Å²) in [4.78, 5) is 2.53. The maximum Gasteiger partial charge on any atom is 0.118 e. The highest BCUT2D eigenvalue weighted by Crippen LogP contribution is 2.16. The fourth-order valence-corrected chi connectivity index (χ4v) is 2.31. The van der Waals surface area contributed by atoms with Gasteiger partial charge in [-0.15, -0.1) is 0 Å². The molecular weight excluding hydrogens is 212 g/mol. The van der Waals surface area contributed by atoms with E-state index in [9.17, 15) is 0 Å². The Morgan fingerprint density at radius 2 is 2.00 bits per heavy atom. The molecule has 3 nitrogen and oxygen atoms in total. The van der Waals surface area contributed by atoms with E-state index in [0.717, 1.165) is 25.4 Å². The number of benzene rings is 1. The summed E-state index contributed by atoms with van der Waals surface area (Å²) in [5.41, 5.74) is 1.35. The van der Waals surface area contributed by atoms with Crippen molar-refractivity contribution >= 4 is 0 Å². The minimum Gasteiger partial charge on any atom is -0.497 e. The summed E-state index contributed by atoms with van der Waals surface area (Å²) in [6.07, 6.45) is 0. The highest BCUT2D eigenvalue weighted by molar-refractivity contribution is 5.27. The topological polar surface area (TPSA) is 24.5 Å². The fraction of sp³-hybridized carbons (Fsp3) is 0.571. The van der Waals surface area contributed by atoms with Gasteiger partial charge in [-0.3, -0.25) is 4.90 Å². The van der Waals surface area contributed by atoms with Crippen LogP contribution in [0.25, 0.3) is 0 Å². The quantitative estimate of drug-likeness (QED) is 0.864. The molecule has 0 spiro atoms. The monoisotopic (exact) mass is 234 g/mol. The Hall–Kier alpha value is -1.06. The van der Waals surface area contributed by atoms with Crippen molar-refractivity contribution < 1.29 is 4.74 Å². The second-order valence-electron chi connectivity index (χ2n) is 4.80. The lowest BCUT2D eigenvalue weighted by molar-refractivity contribution is 0.131. The van der Waals surface area contributed by atoms with Gasteiger partial charge in [0.05, 0.1) is 7.11 Å². The highest BCUT2D eigenvalue weighted by Gasteiger charge is 2.23. The van der Waals surface area contributed by atoms with Crippen molar-refractivity contribution in [1.29, 1.82) is 0 Å².